The van der Waals surface area contributed by atoms with E-state index in [2.05, 4.69) is 14.7 Å². The van der Waals surface area contributed by atoms with Crippen molar-refractivity contribution in [1.82, 2.24) is 5.16 Å². The molecule has 1 aromatic heterocycles. The van der Waals surface area contributed by atoms with E-state index in [1.54, 1.807) is 0 Å². The highest BCUT2D eigenvalue weighted by Gasteiger charge is 2.34. The molecular formula is C5H2ClF3N2O. The van der Waals surface area contributed by atoms with Gasteiger partial charge in [0.1, 0.15) is 12.0 Å². The molecule has 0 amide bonds. The van der Waals surface area contributed by atoms with Crippen LogP contribution in [0.4, 0.5) is 18.9 Å². The van der Waals surface area contributed by atoms with Gasteiger partial charge in [-0.15, -0.1) is 0 Å². The van der Waals surface area contributed by atoms with Gasteiger partial charge in [0.25, 0.3) is 0 Å². The van der Waals surface area contributed by atoms with Crippen molar-refractivity contribution in [3.05, 3.63) is 12.5 Å². The van der Waals surface area contributed by atoms with Crippen LogP contribution < -0.4 is 0 Å². The molecule has 0 bridgehead atoms. The van der Waals surface area contributed by atoms with Crippen LogP contribution in [0.15, 0.2) is 22.0 Å². The predicted octanol–water partition coefficient (Wildman–Crippen LogP) is 2.51. The van der Waals surface area contributed by atoms with E-state index < -0.39 is 11.3 Å². The predicted molar refractivity (Wildman–Crippen MR) is 35.5 cm³/mol. The van der Waals surface area contributed by atoms with Crippen LogP contribution >= 0.6 is 11.6 Å². The van der Waals surface area contributed by atoms with Crippen LogP contribution in [0.2, 0.25) is 0 Å². The molecule has 0 fully saturated rings. The minimum Gasteiger partial charge on any atom is -0.362 e. The summed E-state index contributed by atoms with van der Waals surface area (Å²) < 4.78 is 39.4. The topological polar surface area (TPSA) is 38.4 Å². The Bertz CT molecular complexity index is 279. The van der Waals surface area contributed by atoms with Gasteiger partial charge in [0, 0.05) is 0 Å². The molecule has 0 radical (unpaired) electrons. The third-order valence-corrected chi connectivity index (χ3v) is 1.18. The minimum absolute atomic E-state index is 0.0719. The fourth-order valence-electron chi connectivity index (χ4n) is 0.431. The second kappa shape index (κ2) is 3.14. The molecule has 0 aliphatic heterocycles. The summed E-state index contributed by atoms with van der Waals surface area (Å²) in [6, 6.07) is 0. The summed E-state index contributed by atoms with van der Waals surface area (Å²) in [6.07, 6.45) is -2.65. The Kier molecular flexibility index (Phi) is 2.37. The zero-order valence-corrected chi connectivity index (χ0v) is 6.23. The number of hydrogen-bond acceptors (Lipinski definition) is 3. The number of nitrogens with zero attached hydrogens (tertiary/aromatic N) is 2. The van der Waals surface area contributed by atoms with Crippen molar-refractivity contribution in [2.24, 2.45) is 4.99 Å². The molecule has 0 N–H and O–H groups in total. The summed E-state index contributed by atoms with van der Waals surface area (Å²) in [6.45, 7) is 0. The Labute approximate surface area is 69.8 Å². The van der Waals surface area contributed by atoms with Crippen LogP contribution in [0.5, 0.6) is 0 Å². The number of halogens is 4. The monoisotopic (exact) mass is 198 g/mol. The van der Waals surface area contributed by atoms with E-state index in [4.69, 9.17) is 11.6 Å². The molecule has 0 aromatic carbocycles. The Morgan fingerprint density at radius 2 is 2.25 bits per heavy atom. The number of aliphatic imine (C=N–C) groups is 1. The van der Waals surface area contributed by atoms with Gasteiger partial charge in [-0.2, -0.15) is 13.2 Å². The number of alkyl halides is 3. The quantitative estimate of drug-likeness (QED) is 0.651. The van der Waals surface area contributed by atoms with E-state index in [-0.39, 0.29) is 5.69 Å². The highest BCUT2D eigenvalue weighted by atomic mass is 35.5. The second-order valence-corrected chi connectivity index (χ2v) is 2.14. The lowest BCUT2D eigenvalue weighted by Gasteiger charge is -2.00. The first kappa shape index (κ1) is 9.05. The van der Waals surface area contributed by atoms with Crippen molar-refractivity contribution in [1.29, 1.82) is 0 Å². The maximum atomic E-state index is 11.7. The fraction of sp³-hybridized carbons (Fsp3) is 0.200. The molecule has 66 valence electrons. The maximum absolute atomic E-state index is 11.7. The van der Waals surface area contributed by atoms with E-state index in [1.165, 1.54) is 0 Å². The minimum atomic E-state index is -4.63. The highest BCUT2D eigenvalue weighted by Crippen LogP contribution is 2.23. The number of rotatable bonds is 1. The van der Waals surface area contributed by atoms with E-state index in [1.807, 2.05) is 0 Å². The molecule has 3 nitrogen and oxygen atoms in total. The lowest BCUT2D eigenvalue weighted by atomic mass is 10.6. The van der Waals surface area contributed by atoms with Crippen molar-refractivity contribution >= 4 is 22.5 Å². The SMILES string of the molecule is FC(F)(F)C(Cl)=Nc1cnoc1. The molecular weight excluding hydrogens is 197 g/mol. The Morgan fingerprint density at radius 3 is 2.67 bits per heavy atom. The lowest BCUT2D eigenvalue weighted by Crippen LogP contribution is -2.16. The lowest BCUT2D eigenvalue weighted by molar-refractivity contribution is -0.0558. The summed E-state index contributed by atoms with van der Waals surface area (Å²) >= 11 is 4.80. The molecule has 0 unspecified atom stereocenters. The van der Waals surface area contributed by atoms with Crippen molar-refractivity contribution < 1.29 is 17.7 Å². The molecule has 0 spiro atoms. The average Bonchev–Trinajstić information content (AvgIpc) is 2.37. The second-order valence-electron chi connectivity index (χ2n) is 1.78. The van der Waals surface area contributed by atoms with Crippen molar-refractivity contribution in [3.8, 4) is 0 Å². The highest BCUT2D eigenvalue weighted by molar-refractivity contribution is 6.67. The molecule has 0 saturated heterocycles. The van der Waals surface area contributed by atoms with Gasteiger partial charge >= 0.3 is 6.18 Å². The maximum Gasteiger partial charge on any atom is 0.444 e. The summed E-state index contributed by atoms with van der Waals surface area (Å²) in [5.41, 5.74) is -0.0719. The van der Waals surface area contributed by atoms with E-state index in [0.29, 0.717) is 0 Å². The zero-order chi connectivity index (χ0) is 9.19. The van der Waals surface area contributed by atoms with Crippen molar-refractivity contribution in [2.45, 2.75) is 6.18 Å². The van der Waals surface area contributed by atoms with Gasteiger partial charge in [0.15, 0.2) is 0 Å². The smallest absolute Gasteiger partial charge is 0.362 e. The van der Waals surface area contributed by atoms with Gasteiger partial charge in [-0.1, -0.05) is 16.8 Å². The molecule has 1 heterocycles. The summed E-state index contributed by atoms with van der Waals surface area (Å²) in [4.78, 5) is 2.99. The van der Waals surface area contributed by atoms with Gasteiger partial charge in [0.2, 0.25) is 5.17 Å². The number of hydrogen-bond donors (Lipinski definition) is 0. The summed E-state index contributed by atoms with van der Waals surface area (Å²) in [5, 5.41) is 1.70. The van der Waals surface area contributed by atoms with E-state index in [9.17, 15) is 13.2 Å². The zero-order valence-electron chi connectivity index (χ0n) is 5.47. The van der Waals surface area contributed by atoms with Gasteiger partial charge in [-0.05, 0) is 0 Å². The van der Waals surface area contributed by atoms with Gasteiger partial charge in [-0.3, -0.25) is 0 Å². The first-order chi connectivity index (χ1) is 5.50. The van der Waals surface area contributed by atoms with Gasteiger partial charge in [-0.25, -0.2) is 4.99 Å². The van der Waals surface area contributed by atoms with E-state index >= 15 is 0 Å². The first-order valence-corrected chi connectivity index (χ1v) is 3.08. The van der Waals surface area contributed by atoms with Crippen LogP contribution in [0.1, 0.15) is 0 Å². The molecule has 12 heavy (non-hydrogen) atoms. The van der Waals surface area contributed by atoms with Gasteiger partial charge in [0.05, 0.1) is 6.20 Å². The first-order valence-electron chi connectivity index (χ1n) is 2.71. The van der Waals surface area contributed by atoms with Crippen molar-refractivity contribution in [3.63, 3.8) is 0 Å². The van der Waals surface area contributed by atoms with E-state index in [0.717, 1.165) is 12.5 Å². The van der Waals surface area contributed by atoms with Crippen LogP contribution in [0.3, 0.4) is 0 Å². The summed E-state index contributed by atoms with van der Waals surface area (Å²) in [5.74, 6) is 0. The third kappa shape index (κ3) is 2.23. The van der Waals surface area contributed by atoms with Crippen LogP contribution in [0, 0.1) is 0 Å². The molecule has 0 saturated carbocycles. The Balaban J connectivity index is 2.84. The number of aromatic nitrogens is 1. The molecule has 0 atom stereocenters. The molecule has 0 aliphatic rings. The van der Waals surface area contributed by atoms with Gasteiger partial charge < -0.3 is 4.52 Å². The van der Waals surface area contributed by atoms with Crippen LogP contribution in [-0.2, 0) is 0 Å². The van der Waals surface area contributed by atoms with Crippen LogP contribution in [-0.4, -0.2) is 16.5 Å². The molecule has 0 aliphatic carbocycles. The van der Waals surface area contributed by atoms with Crippen molar-refractivity contribution in [2.75, 3.05) is 0 Å². The largest absolute Gasteiger partial charge is 0.444 e. The Hall–Kier alpha value is -1.04. The van der Waals surface area contributed by atoms with Crippen LogP contribution in [0.25, 0.3) is 0 Å². The Morgan fingerprint density at radius 1 is 1.58 bits per heavy atom. The molecule has 1 aromatic rings. The standard InChI is InChI=1S/C5H2ClF3N2O/c6-4(5(7,8)9)11-3-1-10-12-2-3/h1-2H. The summed E-state index contributed by atoms with van der Waals surface area (Å²) in [7, 11) is 0. The fourth-order valence-corrected chi connectivity index (χ4v) is 0.529. The molecule has 1 rings (SSSR count). The normalized spacial score (nSPS) is 13.5. The molecule has 7 heteroatoms. The third-order valence-electron chi connectivity index (χ3n) is 0.880. The average molecular weight is 199 g/mol.